The first-order chi connectivity index (χ1) is 11.0. The number of nitrogens with zero attached hydrogens (tertiary/aromatic N) is 3. The van der Waals surface area contributed by atoms with E-state index in [0.29, 0.717) is 0 Å². The van der Waals surface area contributed by atoms with Crippen molar-refractivity contribution in [3.63, 3.8) is 0 Å². The summed E-state index contributed by atoms with van der Waals surface area (Å²) in [6.45, 7) is 1.76. The summed E-state index contributed by atoms with van der Waals surface area (Å²) in [6.07, 6.45) is 0.737. The minimum atomic E-state index is -0.805. The molecule has 0 aliphatic heterocycles. The number of carbonyl (C=O) groups is 2. The van der Waals surface area contributed by atoms with Gasteiger partial charge in [-0.1, -0.05) is 6.07 Å². The molecule has 0 aliphatic rings. The maximum atomic E-state index is 13.5. The van der Waals surface area contributed by atoms with Crippen molar-refractivity contribution in [3.05, 3.63) is 41.7 Å². The van der Waals surface area contributed by atoms with E-state index in [1.807, 2.05) is 0 Å². The van der Waals surface area contributed by atoms with E-state index < -0.39 is 29.9 Å². The zero-order valence-corrected chi connectivity index (χ0v) is 12.3. The van der Waals surface area contributed by atoms with Crippen LogP contribution in [0.25, 0.3) is 0 Å². The summed E-state index contributed by atoms with van der Waals surface area (Å²) in [5.74, 6) is -2.86. The molecule has 0 aliphatic carbocycles. The number of hydrogen-bond donors (Lipinski definition) is 1. The van der Waals surface area contributed by atoms with Gasteiger partial charge in [0, 0.05) is 5.56 Å². The van der Waals surface area contributed by atoms with E-state index in [2.05, 4.69) is 15.4 Å². The number of aromatic nitrogens is 3. The van der Waals surface area contributed by atoms with E-state index in [1.54, 1.807) is 6.92 Å². The number of hydrogen-bond acceptors (Lipinski definition) is 5. The first-order valence-corrected chi connectivity index (χ1v) is 6.77. The molecule has 2 rings (SSSR count). The minimum absolute atomic E-state index is 0.0731. The van der Waals surface area contributed by atoms with Gasteiger partial charge in [0.15, 0.2) is 0 Å². The normalized spacial score (nSPS) is 10.4. The van der Waals surface area contributed by atoms with Crippen LogP contribution in [0.3, 0.4) is 0 Å². The topological polar surface area (TPSA) is 86.1 Å². The molecule has 0 atom stereocenters. The Hall–Kier alpha value is -2.84. The molecule has 1 heterocycles. The van der Waals surface area contributed by atoms with Crippen LogP contribution in [-0.2, 0) is 27.3 Å². The second kappa shape index (κ2) is 7.43. The number of anilines is 1. The third kappa shape index (κ3) is 4.56. The molecule has 0 fully saturated rings. The number of halogens is 2. The molecule has 0 spiro atoms. The molecule has 0 saturated heterocycles. The maximum Gasteiger partial charge on any atom is 0.327 e. The monoisotopic (exact) mass is 324 g/mol. The molecule has 0 saturated carbocycles. The van der Waals surface area contributed by atoms with Crippen molar-refractivity contribution in [2.45, 2.75) is 19.9 Å². The zero-order valence-electron chi connectivity index (χ0n) is 12.3. The van der Waals surface area contributed by atoms with Gasteiger partial charge in [-0.2, -0.15) is 0 Å². The molecule has 1 amide bonds. The predicted octanol–water partition coefficient (Wildman–Crippen LogP) is 1.30. The molecule has 9 heteroatoms. The Morgan fingerprint density at radius 3 is 2.65 bits per heavy atom. The lowest BCUT2D eigenvalue weighted by atomic mass is 10.1. The van der Waals surface area contributed by atoms with Crippen LogP contribution < -0.4 is 5.32 Å². The summed E-state index contributed by atoms with van der Waals surface area (Å²) < 4.78 is 32.8. The largest absolute Gasteiger partial charge is 0.465 e. The molecule has 122 valence electrons. The van der Waals surface area contributed by atoms with E-state index in [-0.39, 0.29) is 24.7 Å². The van der Waals surface area contributed by atoms with Crippen molar-refractivity contribution in [3.8, 4) is 0 Å². The third-order valence-electron chi connectivity index (χ3n) is 2.78. The number of rotatable bonds is 6. The fourth-order valence-electron chi connectivity index (χ4n) is 1.80. The first-order valence-electron chi connectivity index (χ1n) is 6.77. The van der Waals surface area contributed by atoms with Crippen molar-refractivity contribution in [1.29, 1.82) is 0 Å². The van der Waals surface area contributed by atoms with E-state index in [9.17, 15) is 18.4 Å². The average Bonchev–Trinajstić information content (AvgIpc) is 2.90. The summed E-state index contributed by atoms with van der Waals surface area (Å²) in [4.78, 5) is 26.9. The number of amides is 1. The fourth-order valence-corrected chi connectivity index (χ4v) is 1.80. The van der Waals surface area contributed by atoms with Crippen LogP contribution >= 0.6 is 0 Å². The lowest BCUT2D eigenvalue weighted by Gasteiger charge is -2.04. The SMILES string of the molecule is CCOC(=O)Cn1cnc(NC(=O)Cc2c(F)cccc2F)n1. The number of carbonyl (C=O) groups excluding carboxylic acids is 2. The zero-order chi connectivity index (χ0) is 16.8. The smallest absolute Gasteiger partial charge is 0.327 e. The minimum Gasteiger partial charge on any atom is -0.465 e. The van der Waals surface area contributed by atoms with Gasteiger partial charge in [-0.15, -0.1) is 5.10 Å². The highest BCUT2D eigenvalue weighted by Crippen LogP contribution is 2.13. The van der Waals surface area contributed by atoms with Crippen LogP contribution in [0, 0.1) is 11.6 Å². The van der Waals surface area contributed by atoms with Gasteiger partial charge in [-0.05, 0) is 19.1 Å². The van der Waals surface area contributed by atoms with Crippen molar-refractivity contribution >= 4 is 17.8 Å². The van der Waals surface area contributed by atoms with Crippen LogP contribution in [-0.4, -0.2) is 33.2 Å². The Kier molecular flexibility index (Phi) is 5.34. The highest BCUT2D eigenvalue weighted by molar-refractivity contribution is 5.90. The van der Waals surface area contributed by atoms with E-state index >= 15 is 0 Å². The maximum absolute atomic E-state index is 13.5. The lowest BCUT2D eigenvalue weighted by Crippen LogP contribution is -2.18. The van der Waals surface area contributed by atoms with Gasteiger partial charge in [-0.3, -0.25) is 14.9 Å². The Balaban J connectivity index is 1.96. The van der Waals surface area contributed by atoms with Crippen LogP contribution in [0.1, 0.15) is 12.5 Å². The summed E-state index contributed by atoms with van der Waals surface area (Å²) in [7, 11) is 0. The van der Waals surface area contributed by atoms with E-state index in [4.69, 9.17) is 4.74 Å². The van der Waals surface area contributed by atoms with Gasteiger partial charge in [-0.25, -0.2) is 18.4 Å². The van der Waals surface area contributed by atoms with Crippen LogP contribution in [0.2, 0.25) is 0 Å². The molecule has 0 bridgehead atoms. The lowest BCUT2D eigenvalue weighted by molar-refractivity contribution is -0.144. The molecule has 7 nitrogen and oxygen atoms in total. The standard InChI is InChI=1S/C14H14F2N4O3/c1-2-23-13(22)7-20-8-17-14(19-20)18-12(21)6-9-10(15)4-3-5-11(9)16/h3-5,8H,2,6-7H2,1H3,(H,18,19,21). The molecular weight excluding hydrogens is 310 g/mol. The van der Waals surface area contributed by atoms with E-state index in [0.717, 1.165) is 12.1 Å². The van der Waals surface area contributed by atoms with Crippen molar-refractivity contribution < 1.29 is 23.1 Å². The van der Waals surface area contributed by atoms with Crippen molar-refractivity contribution in [2.24, 2.45) is 0 Å². The predicted molar refractivity (Wildman–Crippen MR) is 75.3 cm³/mol. The van der Waals surface area contributed by atoms with Crippen molar-refractivity contribution in [2.75, 3.05) is 11.9 Å². The molecule has 1 aromatic heterocycles. The summed E-state index contributed by atoms with van der Waals surface area (Å²) in [6, 6.07) is 3.35. The van der Waals surface area contributed by atoms with Gasteiger partial charge < -0.3 is 4.74 Å². The van der Waals surface area contributed by atoms with Gasteiger partial charge in [0.25, 0.3) is 0 Å². The first kappa shape index (κ1) is 16.5. The molecule has 0 unspecified atom stereocenters. The summed E-state index contributed by atoms with van der Waals surface area (Å²) >= 11 is 0. The quantitative estimate of drug-likeness (QED) is 0.810. The molecule has 23 heavy (non-hydrogen) atoms. The molecule has 1 aromatic carbocycles. The van der Waals surface area contributed by atoms with Gasteiger partial charge in [0.1, 0.15) is 24.5 Å². The molecular formula is C14H14F2N4O3. The Bertz CT molecular complexity index is 698. The molecule has 2 aromatic rings. The Morgan fingerprint density at radius 1 is 1.30 bits per heavy atom. The number of nitrogens with one attached hydrogen (secondary N) is 1. The van der Waals surface area contributed by atoms with Crippen LogP contribution in [0.5, 0.6) is 0 Å². The van der Waals surface area contributed by atoms with Crippen molar-refractivity contribution in [1.82, 2.24) is 14.8 Å². The molecule has 1 N–H and O–H groups in total. The third-order valence-corrected chi connectivity index (χ3v) is 2.78. The van der Waals surface area contributed by atoms with Gasteiger partial charge in [0.05, 0.1) is 13.0 Å². The highest BCUT2D eigenvalue weighted by Gasteiger charge is 2.15. The Labute approximate surface area is 130 Å². The second-order valence-corrected chi connectivity index (χ2v) is 4.50. The molecule has 0 radical (unpaired) electrons. The number of benzene rings is 1. The van der Waals surface area contributed by atoms with E-state index in [1.165, 1.54) is 17.1 Å². The number of ether oxygens (including phenoxy) is 1. The van der Waals surface area contributed by atoms with Gasteiger partial charge >= 0.3 is 5.97 Å². The Morgan fingerprint density at radius 2 is 2.00 bits per heavy atom. The highest BCUT2D eigenvalue weighted by atomic mass is 19.1. The number of esters is 1. The van der Waals surface area contributed by atoms with Crippen LogP contribution in [0.4, 0.5) is 14.7 Å². The average molecular weight is 324 g/mol. The summed E-state index contributed by atoms with van der Waals surface area (Å²) in [5, 5.41) is 6.15. The van der Waals surface area contributed by atoms with Crippen LogP contribution in [0.15, 0.2) is 24.5 Å². The van der Waals surface area contributed by atoms with Gasteiger partial charge in [0.2, 0.25) is 11.9 Å². The fraction of sp³-hybridized carbons (Fsp3) is 0.286. The summed E-state index contributed by atoms with van der Waals surface area (Å²) in [5.41, 5.74) is -0.337. The second-order valence-electron chi connectivity index (χ2n) is 4.50.